The summed E-state index contributed by atoms with van der Waals surface area (Å²) in [5.74, 6) is 0.549. The van der Waals surface area contributed by atoms with E-state index in [0.29, 0.717) is 12.2 Å². The molecule has 0 spiro atoms. The van der Waals surface area contributed by atoms with Crippen molar-refractivity contribution >= 4 is 0 Å². The minimum Gasteiger partial charge on any atom is -0.390 e. The van der Waals surface area contributed by atoms with Crippen LogP contribution < -0.4 is 0 Å². The van der Waals surface area contributed by atoms with Gasteiger partial charge in [0.1, 0.15) is 11.9 Å². The highest BCUT2D eigenvalue weighted by atomic mass is 16.3. The zero-order valence-electron chi connectivity index (χ0n) is 8.72. The number of aliphatic hydroxyl groups excluding tert-OH is 2. The van der Waals surface area contributed by atoms with Gasteiger partial charge in [-0.25, -0.2) is 4.98 Å². The average molecular weight is 198 g/mol. The van der Waals surface area contributed by atoms with Crippen molar-refractivity contribution in [1.82, 2.24) is 9.55 Å². The summed E-state index contributed by atoms with van der Waals surface area (Å²) in [6.07, 6.45) is 3.30. The van der Waals surface area contributed by atoms with E-state index in [9.17, 15) is 10.2 Å². The summed E-state index contributed by atoms with van der Waals surface area (Å²) in [6.45, 7) is 4.71. The van der Waals surface area contributed by atoms with Crippen molar-refractivity contribution in [2.75, 3.05) is 0 Å². The molecule has 0 saturated heterocycles. The van der Waals surface area contributed by atoms with Gasteiger partial charge in [-0.1, -0.05) is 13.3 Å². The lowest BCUT2D eigenvalue weighted by Gasteiger charge is -2.17. The maximum Gasteiger partial charge on any atom is 0.140 e. The lowest BCUT2D eigenvalue weighted by atomic mass is 10.1. The molecule has 0 radical (unpaired) electrons. The van der Waals surface area contributed by atoms with Crippen LogP contribution in [0.3, 0.4) is 0 Å². The largest absolute Gasteiger partial charge is 0.390 e. The van der Waals surface area contributed by atoms with E-state index in [-0.39, 0.29) is 0 Å². The normalized spacial score (nSPS) is 15.4. The zero-order valence-corrected chi connectivity index (χ0v) is 8.72. The Morgan fingerprint density at radius 3 is 2.71 bits per heavy atom. The van der Waals surface area contributed by atoms with Gasteiger partial charge in [-0.2, -0.15) is 0 Å². The molecule has 2 unspecified atom stereocenters. The van der Waals surface area contributed by atoms with E-state index < -0.39 is 12.2 Å². The number of nitrogens with zero attached hydrogens (tertiary/aromatic N) is 2. The molecule has 0 saturated carbocycles. The molecular formula is C10H18N2O2. The first kappa shape index (κ1) is 11.2. The van der Waals surface area contributed by atoms with Crippen LogP contribution in [0.25, 0.3) is 0 Å². The Bertz CT molecular complexity index is 273. The highest BCUT2D eigenvalue weighted by Crippen LogP contribution is 2.18. The van der Waals surface area contributed by atoms with Crippen molar-refractivity contribution in [2.45, 2.75) is 45.4 Å². The third kappa shape index (κ3) is 2.33. The highest BCUT2D eigenvalue weighted by Gasteiger charge is 2.21. The van der Waals surface area contributed by atoms with Crippen LogP contribution in [0.2, 0.25) is 0 Å². The first-order valence-corrected chi connectivity index (χ1v) is 5.07. The number of aryl methyl sites for hydroxylation is 1. The molecule has 4 heteroatoms. The lowest BCUT2D eigenvalue weighted by Crippen LogP contribution is -2.21. The molecule has 14 heavy (non-hydrogen) atoms. The summed E-state index contributed by atoms with van der Waals surface area (Å²) in [4.78, 5) is 4.04. The first-order valence-electron chi connectivity index (χ1n) is 5.07. The second-order valence-corrected chi connectivity index (χ2v) is 3.37. The number of rotatable bonds is 5. The molecule has 2 atom stereocenters. The van der Waals surface area contributed by atoms with E-state index in [1.807, 2.05) is 18.4 Å². The predicted molar refractivity (Wildman–Crippen MR) is 53.8 cm³/mol. The van der Waals surface area contributed by atoms with Crippen molar-refractivity contribution in [1.29, 1.82) is 0 Å². The van der Waals surface area contributed by atoms with Gasteiger partial charge in [0.15, 0.2) is 0 Å². The molecule has 0 aliphatic carbocycles. The number of imidazole rings is 1. The van der Waals surface area contributed by atoms with Crippen LogP contribution >= 0.6 is 0 Å². The maximum atomic E-state index is 9.79. The standard InChI is InChI=1S/C10H18N2O2/c1-3-5-8(13)9(14)10-11-6-7-12(10)4-2/h6-9,13-14H,3-5H2,1-2H3. The van der Waals surface area contributed by atoms with Crippen LogP contribution in [0.1, 0.15) is 38.6 Å². The summed E-state index contributed by atoms with van der Waals surface area (Å²) in [5, 5.41) is 19.4. The van der Waals surface area contributed by atoms with Gasteiger partial charge in [0.05, 0.1) is 6.10 Å². The third-order valence-electron chi connectivity index (χ3n) is 2.30. The fraction of sp³-hybridized carbons (Fsp3) is 0.700. The van der Waals surface area contributed by atoms with Gasteiger partial charge in [0, 0.05) is 18.9 Å². The van der Waals surface area contributed by atoms with E-state index in [2.05, 4.69) is 4.98 Å². The summed E-state index contributed by atoms with van der Waals surface area (Å²) >= 11 is 0. The average Bonchev–Trinajstić information content (AvgIpc) is 2.64. The maximum absolute atomic E-state index is 9.79. The smallest absolute Gasteiger partial charge is 0.140 e. The van der Waals surface area contributed by atoms with Crippen LogP contribution in [-0.4, -0.2) is 25.9 Å². The Balaban J connectivity index is 2.72. The molecule has 0 fully saturated rings. The fourth-order valence-corrected chi connectivity index (χ4v) is 1.48. The molecule has 1 rings (SSSR count). The molecule has 1 heterocycles. The van der Waals surface area contributed by atoms with Crippen molar-refractivity contribution in [2.24, 2.45) is 0 Å². The van der Waals surface area contributed by atoms with E-state index in [0.717, 1.165) is 13.0 Å². The molecule has 0 bridgehead atoms. The fourth-order valence-electron chi connectivity index (χ4n) is 1.48. The van der Waals surface area contributed by atoms with E-state index in [1.165, 1.54) is 0 Å². The van der Waals surface area contributed by atoms with Crippen molar-refractivity contribution < 1.29 is 10.2 Å². The van der Waals surface area contributed by atoms with Gasteiger partial charge in [-0.3, -0.25) is 0 Å². The van der Waals surface area contributed by atoms with Crippen molar-refractivity contribution in [3.63, 3.8) is 0 Å². The monoisotopic (exact) mass is 198 g/mol. The molecule has 0 aliphatic heterocycles. The third-order valence-corrected chi connectivity index (χ3v) is 2.30. The number of hydrogen-bond acceptors (Lipinski definition) is 3. The van der Waals surface area contributed by atoms with Gasteiger partial charge in [-0.15, -0.1) is 0 Å². The second kappa shape index (κ2) is 5.12. The number of hydrogen-bond donors (Lipinski definition) is 2. The lowest BCUT2D eigenvalue weighted by molar-refractivity contribution is 0.00597. The van der Waals surface area contributed by atoms with Crippen LogP contribution in [0.4, 0.5) is 0 Å². The molecule has 2 N–H and O–H groups in total. The van der Waals surface area contributed by atoms with E-state index in [1.54, 1.807) is 12.4 Å². The van der Waals surface area contributed by atoms with E-state index in [4.69, 9.17) is 0 Å². The summed E-state index contributed by atoms with van der Waals surface area (Å²) < 4.78 is 1.84. The van der Waals surface area contributed by atoms with Crippen LogP contribution in [0.5, 0.6) is 0 Å². The first-order chi connectivity index (χ1) is 6.70. The highest BCUT2D eigenvalue weighted by molar-refractivity contribution is 4.98. The molecule has 1 aromatic rings. The molecule has 0 amide bonds. The second-order valence-electron chi connectivity index (χ2n) is 3.37. The Kier molecular flexibility index (Phi) is 4.10. The Labute approximate surface area is 84.2 Å². The van der Waals surface area contributed by atoms with Gasteiger partial charge < -0.3 is 14.8 Å². The van der Waals surface area contributed by atoms with Crippen LogP contribution in [0.15, 0.2) is 12.4 Å². The molecule has 1 aromatic heterocycles. The van der Waals surface area contributed by atoms with Crippen LogP contribution in [-0.2, 0) is 6.54 Å². The Morgan fingerprint density at radius 2 is 2.14 bits per heavy atom. The molecule has 0 aliphatic rings. The molecule has 4 nitrogen and oxygen atoms in total. The topological polar surface area (TPSA) is 58.3 Å². The summed E-state index contributed by atoms with van der Waals surface area (Å²) in [7, 11) is 0. The number of aliphatic hydroxyl groups is 2. The summed E-state index contributed by atoms with van der Waals surface area (Å²) in [6, 6.07) is 0. The van der Waals surface area contributed by atoms with Crippen molar-refractivity contribution in [3.8, 4) is 0 Å². The summed E-state index contributed by atoms with van der Waals surface area (Å²) in [5.41, 5.74) is 0. The SMILES string of the molecule is CCCC(O)C(O)c1nccn1CC. The zero-order chi connectivity index (χ0) is 10.6. The molecule has 0 aromatic carbocycles. The van der Waals surface area contributed by atoms with Crippen LogP contribution in [0, 0.1) is 0 Å². The van der Waals surface area contributed by atoms with Gasteiger partial charge in [-0.05, 0) is 13.3 Å². The molecular weight excluding hydrogens is 180 g/mol. The number of aromatic nitrogens is 2. The predicted octanol–water partition coefficient (Wildman–Crippen LogP) is 1.10. The Morgan fingerprint density at radius 1 is 1.43 bits per heavy atom. The van der Waals surface area contributed by atoms with Crippen molar-refractivity contribution in [3.05, 3.63) is 18.2 Å². The quantitative estimate of drug-likeness (QED) is 0.744. The van der Waals surface area contributed by atoms with Gasteiger partial charge >= 0.3 is 0 Å². The van der Waals surface area contributed by atoms with E-state index >= 15 is 0 Å². The minimum absolute atomic E-state index is 0.549. The minimum atomic E-state index is -0.870. The van der Waals surface area contributed by atoms with Gasteiger partial charge in [0.25, 0.3) is 0 Å². The molecule has 80 valence electrons. The van der Waals surface area contributed by atoms with Gasteiger partial charge in [0.2, 0.25) is 0 Å². The Hall–Kier alpha value is -0.870.